The summed E-state index contributed by atoms with van der Waals surface area (Å²) < 4.78 is 24.6. The monoisotopic (exact) mass is 312 g/mol. The minimum absolute atomic E-state index is 0.0812. The van der Waals surface area contributed by atoms with E-state index in [-0.39, 0.29) is 5.03 Å². The van der Waals surface area contributed by atoms with E-state index < -0.39 is 9.05 Å². The lowest BCUT2D eigenvalue weighted by atomic mass is 10.0. The summed E-state index contributed by atoms with van der Waals surface area (Å²) in [7, 11) is 1.58. The van der Waals surface area contributed by atoms with E-state index in [1.807, 2.05) is 43.5 Å². The first-order valence-electron chi connectivity index (χ1n) is 6.38. The third-order valence-corrected chi connectivity index (χ3v) is 4.55. The Morgan fingerprint density at radius 2 is 1.85 bits per heavy atom. The van der Waals surface area contributed by atoms with Gasteiger partial charge in [0.1, 0.15) is 5.82 Å². The maximum atomic E-state index is 11.4. The fourth-order valence-corrected chi connectivity index (χ4v) is 2.92. The molecular formula is C14H17ClN2O2S. The number of benzene rings is 1. The largest absolute Gasteiger partial charge is 0.329 e. The van der Waals surface area contributed by atoms with E-state index >= 15 is 0 Å². The van der Waals surface area contributed by atoms with Crippen molar-refractivity contribution in [2.45, 2.75) is 38.8 Å². The van der Waals surface area contributed by atoms with Crippen molar-refractivity contribution in [1.29, 1.82) is 0 Å². The van der Waals surface area contributed by atoms with Gasteiger partial charge in [0, 0.05) is 29.8 Å². The first kappa shape index (κ1) is 15.1. The lowest BCUT2D eigenvalue weighted by molar-refractivity contribution is 0.606. The van der Waals surface area contributed by atoms with Gasteiger partial charge in [-0.05, 0) is 30.5 Å². The van der Waals surface area contributed by atoms with E-state index in [2.05, 4.69) is 4.98 Å². The van der Waals surface area contributed by atoms with Crippen LogP contribution in [0.4, 0.5) is 0 Å². The summed E-state index contributed by atoms with van der Waals surface area (Å²) >= 11 is 0. The first-order valence-corrected chi connectivity index (χ1v) is 8.69. The second-order valence-corrected chi connectivity index (χ2v) is 7.30. The zero-order chi connectivity index (χ0) is 14.9. The summed E-state index contributed by atoms with van der Waals surface area (Å²) in [4.78, 5) is 4.10. The third-order valence-electron chi connectivity index (χ3n) is 3.38. The molecule has 0 spiro atoms. The van der Waals surface area contributed by atoms with Gasteiger partial charge < -0.3 is 4.57 Å². The van der Waals surface area contributed by atoms with Gasteiger partial charge in [-0.15, -0.1) is 0 Å². The highest BCUT2D eigenvalue weighted by molar-refractivity contribution is 8.13. The van der Waals surface area contributed by atoms with E-state index in [1.165, 1.54) is 22.9 Å². The van der Waals surface area contributed by atoms with E-state index in [1.54, 1.807) is 0 Å². The molecule has 0 N–H and O–H groups in total. The lowest BCUT2D eigenvalue weighted by Gasteiger charge is -2.12. The van der Waals surface area contributed by atoms with Crippen LogP contribution in [0.2, 0.25) is 0 Å². The topological polar surface area (TPSA) is 52.0 Å². The lowest BCUT2D eigenvalue weighted by Crippen LogP contribution is -2.06. The molecule has 0 aliphatic rings. The van der Waals surface area contributed by atoms with Crippen LogP contribution in [0.5, 0.6) is 0 Å². The van der Waals surface area contributed by atoms with Gasteiger partial charge in [0.15, 0.2) is 5.03 Å². The summed E-state index contributed by atoms with van der Waals surface area (Å²) in [5.41, 5.74) is 3.53. The van der Waals surface area contributed by atoms with E-state index in [0.29, 0.717) is 18.8 Å². The predicted molar refractivity (Wildman–Crippen MR) is 79.7 cm³/mol. The van der Waals surface area contributed by atoms with Crippen LogP contribution in [0, 0.1) is 13.8 Å². The number of aryl methyl sites for hydroxylation is 3. The van der Waals surface area contributed by atoms with Gasteiger partial charge in [-0.1, -0.05) is 25.1 Å². The average Bonchev–Trinajstić information content (AvgIpc) is 2.77. The van der Waals surface area contributed by atoms with Gasteiger partial charge in [0.25, 0.3) is 9.05 Å². The van der Waals surface area contributed by atoms with Crippen LogP contribution in [-0.4, -0.2) is 18.0 Å². The molecular weight excluding hydrogens is 296 g/mol. The molecule has 0 bridgehead atoms. The maximum absolute atomic E-state index is 11.4. The number of hydrogen-bond acceptors (Lipinski definition) is 3. The smallest absolute Gasteiger partial charge is 0.280 e. The highest BCUT2D eigenvalue weighted by Gasteiger charge is 2.17. The van der Waals surface area contributed by atoms with Crippen molar-refractivity contribution in [2.24, 2.45) is 0 Å². The standard InChI is InChI=1S/C14H17ClN2O2S/c1-4-13-16-14(20(15,18)19)9-17(13)8-12-10(2)6-5-7-11(12)3/h5-7,9H,4,8H2,1-3H3. The van der Waals surface area contributed by atoms with E-state index in [4.69, 9.17) is 10.7 Å². The number of halogens is 1. The molecule has 1 aromatic heterocycles. The second kappa shape index (κ2) is 5.58. The number of aromatic nitrogens is 2. The zero-order valence-corrected chi connectivity index (χ0v) is 13.3. The molecule has 0 atom stereocenters. The second-order valence-electron chi connectivity index (χ2n) is 4.79. The number of rotatable bonds is 4. The molecule has 0 unspecified atom stereocenters. The summed E-state index contributed by atoms with van der Waals surface area (Å²) in [6.07, 6.45) is 2.16. The van der Waals surface area contributed by atoms with Crippen molar-refractivity contribution in [3.8, 4) is 0 Å². The van der Waals surface area contributed by atoms with Gasteiger partial charge in [-0.2, -0.15) is 0 Å². The minimum atomic E-state index is -3.79. The Kier molecular flexibility index (Phi) is 4.20. The highest BCUT2D eigenvalue weighted by atomic mass is 35.7. The Bertz CT molecular complexity index is 715. The third kappa shape index (κ3) is 3.04. The van der Waals surface area contributed by atoms with Crippen molar-refractivity contribution < 1.29 is 8.42 Å². The Labute approximate surface area is 123 Å². The molecule has 1 heterocycles. The molecule has 6 heteroatoms. The Balaban J connectivity index is 2.46. The van der Waals surface area contributed by atoms with Crippen LogP contribution < -0.4 is 0 Å². The summed E-state index contributed by atoms with van der Waals surface area (Å²) in [5.74, 6) is 0.715. The van der Waals surface area contributed by atoms with Crippen molar-refractivity contribution in [3.05, 3.63) is 46.9 Å². The summed E-state index contributed by atoms with van der Waals surface area (Å²) in [6.45, 7) is 6.63. The quantitative estimate of drug-likeness (QED) is 0.815. The van der Waals surface area contributed by atoms with Crippen LogP contribution in [0.1, 0.15) is 29.4 Å². The van der Waals surface area contributed by atoms with Gasteiger partial charge in [0.2, 0.25) is 0 Å². The number of nitrogens with zero attached hydrogens (tertiary/aromatic N) is 2. The van der Waals surface area contributed by atoms with Crippen molar-refractivity contribution in [1.82, 2.24) is 9.55 Å². The Hall–Kier alpha value is -1.33. The first-order chi connectivity index (χ1) is 9.32. The fraction of sp³-hybridized carbons (Fsp3) is 0.357. The summed E-state index contributed by atoms with van der Waals surface area (Å²) in [5, 5.41) is -0.0812. The van der Waals surface area contributed by atoms with Crippen molar-refractivity contribution in [3.63, 3.8) is 0 Å². The average molecular weight is 313 g/mol. The minimum Gasteiger partial charge on any atom is -0.329 e. The molecule has 2 rings (SSSR count). The molecule has 108 valence electrons. The molecule has 2 aromatic rings. The van der Waals surface area contributed by atoms with Gasteiger partial charge in [-0.3, -0.25) is 0 Å². The highest BCUT2D eigenvalue weighted by Crippen LogP contribution is 2.19. The SMILES string of the molecule is CCc1nc(S(=O)(=O)Cl)cn1Cc1c(C)cccc1C. The Morgan fingerprint density at radius 1 is 1.25 bits per heavy atom. The molecule has 0 radical (unpaired) electrons. The van der Waals surface area contributed by atoms with Crippen LogP contribution in [-0.2, 0) is 22.0 Å². The van der Waals surface area contributed by atoms with Gasteiger partial charge in [-0.25, -0.2) is 13.4 Å². The van der Waals surface area contributed by atoms with Crippen molar-refractivity contribution >= 4 is 19.7 Å². The van der Waals surface area contributed by atoms with E-state index in [9.17, 15) is 8.42 Å². The molecule has 4 nitrogen and oxygen atoms in total. The van der Waals surface area contributed by atoms with Crippen molar-refractivity contribution in [2.75, 3.05) is 0 Å². The summed E-state index contributed by atoms with van der Waals surface area (Å²) in [6, 6.07) is 6.10. The number of imidazole rings is 1. The molecule has 0 aliphatic carbocycles. The fourth-order valence-electron chi connectivity index (χ4n) is 2.23. The maximum Gasteiger partial charge on any atom is 0.280 e. The van der Waals surface area contributed by atoms with Crippen LogP contribution in [0.3, 0.4) is 0 Å². The molecule has 20 heavy (non-hydrogen) atoms. The van der Waals surface area contributed by atoms with Gasteiger partial charge in [0.05, 0.1) is 0 Å². The molecule has 0 aliphatic heterocycles. The molecule has 0 saturated carbocycles. The van der Waals surface area contributed by atoms with Crippen LogP contribution in [0.15, 0.2) is 29.4 Å². The predicted octanol–water partition coefficient (Wildman–Crippen LogP) is 3.04. The molecule has 0 amide bonds. The van der Waals surface area contributed by atoms with Crippen LogP contribution in [0.25, 0.3) is 0 Å². The molecule has 1 aromatic carbocycles. The van der Waals surface area contributed by atoms with Crippen LogP contribution >= 0.6 is 10.7 Å². The number of hydrogen-bond donors (Lipinski definition) is 0. The Morgan fingerprint density at radius 3 is 2.35 bits per heavy atom. The van der Waals surface area contributed by atoms with Gasteiger partial charge >= 0.3 is 0 Å². The molecule has 0 fully saturated rings. The van der Waals surface area contributed by atoms with E-state index in [0.717, 1.165) is 0 Å². The normalized spacial score (nSPS) is 11.8. The molecule has 0 saturated heterocycles. The zero-order valence-electron chi connectivity index (χ0n) is 11.7.